The van der Waals surface area contributed by atoms with Crippen molar-refractivity contribution in [3.8, 4) is 40.9 Å². The van der Waals surface area contributed by atoms with Gasteiger partial charge in [-0.25, -0.2) is 0 Å². The number of halogens is 1. The number of carboxylic acid groups (broad SMARTS) is 1. The number of hydrogen-bond donors (Lipinski definition) is 9. The summed E-state index contributed by atoms with van der Waals surface area (Å²) in [5, 5.41) is 70.1. The highest BCUT2D eigenvalue weighted by molar-refractivity contribution is 14.1. The monoisotopic (exact) mass is 1420 g/mol. The van der Waals surface area contributed by atoms with Gasteiger partial charge in [0.05, 0.1) is 84.2 Å². The second-order valence-corrected chi connectivity index (χ2v) is 27.9. The fourth-order valence-corrected chi connectivity index (χ4v) is 15.4. The molecule has 4 aliphatic heterocycles. The minimum Gasteiger partial charge on any atom is -0.492 e. The van der Waals surface area contributed by atoms with Crippen LogP contribution in [0.1, 0.15) is 90.1 Å². The van der Waals surface area contributed by atoms with Crippen LogP contribution in [0.3, 0.4) is 0 Å². The first-order valence-corrected chi connectivity index (χ1v) is 33.2. The second kappa shape index (κ2) is 32.1. The van der Waals surface area contributed by atoms with E-state index in [1.165, 1.54) is 62.0 Å². The highest BCUT2D eigenvalue weighted by atomic mass is 127. The number of thioether (sulfide) groups is 1. The normalized spacial score (nSPS) is 35.2. The summed E-state index contributed by atoms with van der Waals surface area (Å²) < 4.78 is 66.8. The highest BCUT2D eigenvalue weighted by Gasteiger charge is 2.52. The van der Waals surface area contributed by atoms with Crippen LogP contribution < -0.4 is 30.7 Å². The zero-order valence-electron chi connectivity index (χ0n) is 51.5. The van der Waals surface area contributed by atoms with E-state index < -0.39 is 143 Å². The maximum absolute atomic E-state index is 14.5. The Balaban J connectivity index is 1.13. The van der Waals surface area contributed by atoms with E-state index in [1.54, 1.807) is 54.7 Å². The highest BCUT2D eigenvalue weighted by Crippen LogP contribution is 2.49. The van der Waals surface area contributed by atoms with E-state index in [1.807, 2.05) is 29.5 Å². The number of aliphatic carboxylic acids is 1. The van der Waals surface area contributed by atoms with E-state index in [2.05, 4.69) is 34.5 Å². The quantitative estimate of drug-likeness (QED) is 0.0223. The minimum absolute atomic E-state index is 0.0122. The summed E-state index contributed by atoms with van der Waals surface area (Å²) >= 11 is 2.81. The van der Waals surface area contributed by atoms with E-state index >= 15 is 0 Å². The first kappa shape index (κ1) is 73.0. The maximum Gasteiger partial charge on any atom is 0.321 e. The van der Waals surface area contributed by atoms with Gasteiger partial charge in [-0.3, -0.25) is 24.0 Å². The lowest BCUT2D eigenvalue weighted by Crippen LogP contribution is -2.65. The summed E-state index contributed by atoms with van der Waals surface area (Å²) in [7, 11) is 8.08. The molecule has 1 aromatic carbocycles. The minimum atomic E-state index is -2.12. The van der Waals surface area contributed by atoms with Crippen molar-refractivity contribution in [1.29, 1.82) is 0 Å². The Labute approximate surface area is 543 Å². The van der Waals surface area contributed by atoms with E-state index in [9.17, 15) is 49.8 Å². The largest absolute Gasteiger partial charge is 0.492 e. The lowest BCUT2D eigenvalue weighted by Gasteiger charge is -2.46. The number of carbonyl (C=O) groups excluding carboxylic acids is 3. The molecule has 4 heterocycles. The van der Waals surface area contributed by atoms with Crippen LogP contribution in [-0.4, -0.2) is 227 Å². The van der Waals surface area contributed by atoms with Gasteiger partial charge in [-0.05, 0) is 95.3 Å². The molecule has 0 aromatic heterocycles. The number of allylic oxidation sites excluding steroid dienone is 3. The lowest BCUT2D eigenvalue weighted by molar-refractivity contribution is -0.336. The van der Waals surface area contributed by atoms with E-state index in [0.717, 1.165) is 11.8 Å². The van der Waals surface area contributed by atoms with Crippen molar-refractivity contribution in [3.05, 3.63) is 49.6 Å². The Morgan fingerprint density at radius 3 is 2.25 bits per heavy atom. The van der Waals surface area contributed by atoms with Crippen LogP contribution in [0.4, 0.5) is 0 Å². The Kier molecular flexibility index (Phi) is 26.3. The van der Waals surface area contributed by atoms with Crippen molar-refractivity contribution >= 4 is 78.6 Å². The topological polar surface area (TPSA) is 351 Å². The Morgan fingerprint density at radius 2 is 1.61 bits per heavy atom. The SMILES string of the molecule is CCN[C@H]1CO[C@@H](O[C@H]2[C@H](O[C@H]3C#C/C=C\C#C[C@]4(O)CC(=O)C(CC(C)=O)=C3/C4=C\CSSC(C)(C)[C@H](N)C(=O)O)O[C@H](C)[C@@H](NO[C@H]3C[C@H](O)[C@H](SC(=O)c4c(C)c(I)c(O[C@@H]5O[C@@H](C)[C@H](O)[C@@H](OC)[C@H]5O)c(OC)c4OC)[C@@H](C)O3)[C@@H]2O)C[C@@H]1OC. The van der Waals surface area contributed by atoms with E-state index in [-0.39, 0.29) is 83.0 Å². The van der Waals surface area contributed by atoms with Gasteiger partial charge in [0.1, 0.15) is 48.4 Å². The van der Waals surface area contributed by atoms with E-state index in [4.69, 9.17) is 62.7 Å². The van der Waals surface area contributed by atoms with Gasteiger partial charge >= 0.3 is 5.97 Å². The number of aliphatic hydroxyl groups excluding tert-OH is 4. The summed E-state index contributed by atoms with van der Waals surface area (Å²) in [5.41, 5.74) is 7.52. The zero-order valence-corrected chi connectivity index (χ0v) is 56.2. The van der Waals surface area contributed by atoms with Crippen LogP contribution in [0.2, 0.25) is 0 Å². The molecule has 0 unspecified atom stereocenters. The summed E-state index contributed by atoms with van der Waals surface area (Å²) in [6, 6.07) is -2.53. The molecular formula is C60H82IN3O22S3. The van der Waals surface area contributed by atoms with Crippen molar-refractivity contribution in [1.82, 2.24) is 10.8 Å². The summed E-state index contributed by atoms with van der Waals surface area (Å²) in [6.07, 6.45) is -13.5. The average Bonchev–Trinajstić information content (AvgIpc) is 1.26. The molecule has 0 spiro atoms. The Morgan fingerprint density at radius 1 is 0.910 bits per heavy atom. The van der Waals surface area contributed by atoms with Gasteiger partial charge in [-0.1, -0.05) is 70.0 Å². The molecule has 89 heavy (non-hydrogen) atoms. The standard InChI is InChI=1S/C60H82IN3O22S3/c1-13-63-34-26-79-39(24-38(34)75-9)84-51-46(69)44(29(4)81-58(51)83-37-18-16-14-15-17-20-60(74)25-36(67)32(22-27(2)65)42(37)33(60)19-21-87-89-59(7,8)54(62)55(71)72)64-86-40-23-35(66)53(31(6)80-40)88-56(73)41-28(3)43(61)49(52(78-12)48(41)76-10)85-57-47(70)50(77-11)45(68)30(5)82-57/h14-15,19,29-31,34-35,37-40,44-47,50-51,53-54,57-58,63-64,66,68-70,74H,13,21-26,62H2,1-12H3,(H,71,72)/b15-14-,33-19+/t29-,30+,31-,34+,35+,37+,38+,39+,40+,44-,45+,46+,47-,50-,51-,53-,54-,57+,58+,60+/m1/s1. The van der Waals surface area contributed by atoms with Crippen LogP contribution >= 0.6 is 55.9 Å². The first-order valence-electron chi connectivity index (χ1n) is 28.9. The molecule has 29 heteroatoms. The molecule has 6 aliphatic rings. The van der Waals surface area contributed by atoms with Crippen molar-refractivity contribution < 1.29 is 107 Å². The van der Waals surface area contributed by atoms with Crippen LogP contribution in [0.25, 0.3) is 0 Å². The number of carboxylic acids is 1. The molecule has 0 saturated carbocycles. The number of methoxy groups -OCH3 is 4. The Bertz CT molecular complexity index is 2940. The molecule has 4 saturated heterocycles. The summed E-state index contributed by atoms with van der Waals surface area (Å²) in [5.74, 6) is 9.66. The number of nitrogens with one attached hydrogen (secondary N) is 2. The molecule has 1 aromatic rings. The number of rotatable bonds is 25. The number of likely N-dealkylation sites (N-methyl/N-ethyl adjacent to an activating group) is 1. The molecule has 2 bridgehead atoms. The predicted octanol–water partition coefficient (Wildman–Crippen LogP) is 2.77. The number of hydrogen-bond acceptors (Lipinski definition) is 27. The average molecular weight is 1420 g/mol. The molecule has 2 aliphatic carbocycles. The van der Waals surface area contributed by atoms with Gasteiger partial charge in [-0.15, -0.1) is 0 Å². The smallest absolute Gasteiger partial charge is 0.321 e. The second-order valence-electron chi connectivity index (χ2n) is 22.7. The Hall–Kier alpha value is -3.46. The molecule has 4 fully saturated rings. The molecule has 25 nitrogen and oxygen atoms in total. The van der Waals surface area contributed by atoms with Gasteiger partial charge in [0, 0.05) is 60.7 Å². The van der Waals surface area contributed by atoms with Crippen LogP contribution in [0.15, 0.2) is 34.9 Å². The third kappa shape index (κ3) is 16.9. The molecule has 0 radical (unpaired) electrons. The van der Waals surface area contributed by atoms with Gasteiger partial charge in [-0.2, -0.15) is 5.48 Å². The number of ketones is 2. The number of Topliss-reactive ketones (excluding diaryl/α,β-unsaturated/α-hetero) is 2. The van der Waals surface area contributed by atoms with Gasteiger partial charge in [0.25, 0.3) is 0 Å². The number of ether oxygens (including phenoxy) is 11. The van der Waals surface area contributed by atoms with Crippen LogP contribution in [0, 0.1) is 34.2 Å². The maximum atomic E-state index is 14.5. The van der Waals surface area contributed by atoms with Crippen LogP contribution in [0.5, 0.6) is 17.2 Å². The zero-order chi connectivity index (χ0) is 65.4. The lowest BCUT2D eigenvalue weighted by atomic mass is 9.72. The number of fused-ring (bicyclic) bond motifs is 2. The van der Waals surface area contributed by atoms with Gasteiger partial charge in [0.15, 0.2) is 41.8 Å². The first-order chi connectivity index (χ1) is 42.1. The number of hydroxylamine groups is 1. The third-order valence-corrected chi connectivity index (χ3v) is 21.9. The van der Waals surface area contributed by atoms with Crippen molar-refractivity contribution in [2.75, 3.05) is 47.3 Å². The molecule has 7 rings (SSSR count). The number of benzene rings is 1. The van der Waals surface area contributed by atoms with Crippen molar-refractivity contribution in [2.45, 2.75) is 207 Å². The molecule has 10 N–H and O–H groups in total. The third-order valence-electron chi connectivity index (χ3n) is 16.1. The predicted molar refractivity (Wildman–Crippen MR) is 336 cm³/mol. The fraction of sp³-hybridized carbons (Fsp3) is 0.667. The molecule has 0 amide bonds. The van der Waals surface area contributed by atoms with Crippen LogP contribution in [-0.2, 0) is 57.1 Å². The fourth-order valence-electron chi connectivity index (χ4n) is 11.2. The van der Waals surface area contributed by atoms with Crippen molar-refractivity contribution in [3.63, 3.8) is 0 Å². The molecule has 494 valence electrons. The van der Waals surface area contributed by atoms with Crippen molar-refractivity contribution in [2.24, 2.45) is 5.73 Å². The molecule has 20 atom stereocenters. The number of nitrogens with two attached hydrogens (primary N) is 1. The number of carbonyl (C=O) groups is 4. The number of aliphatic hydroxyl groups is 5. The summed E-state index contributed by atoms with van der Waals surface area (Å²) in [6.45, 7) is 14.0. The van der Waals surface area contributed by atoms with Gasteiger partial charge in [0.2, 0.25) is 17.2 Å². The van der Waals surface area contributed by atoms with E-state index in [0.29, 0.717) is 15.7 Å². The summed E-state index contributed by atoms with van der Waals surface area (Å²) in [4.78, 5) is 59.7. The molecular weight excluding hydrogens is 1340 g/mol. The van der Waals surface area contributed by atoms with Gasteiger partial charge < -0.3 is 93.8 Å².